The number of carbonyl (C=O) groups is 1. The van der Waals surface area contributed by atoms with E-state index in [1.165, 1.54) is 30.4 Å². The van der Waals surface area contributed by atoms with Gasteiger partial charge in [0.05, 0.1) is 19.8 Å². The highest BCUT2D eigenvalue weighted by Crippen LogP contribution is 2.39. The fraction of sp³-hybridized carbons (Fsp3) is 0.632. The molecule has 3 rings (SSSR count). The minimum atomic E-state index is -0.457. The van der Waals surface area contributed by atoms with E-state index in [4.69, 9.17) is 9.47 Å². The van der Waals surface area contributed by atoms with E-state index in [2.05, 4.69) is 36.5 Å². The Kier molecular flexibility index (Phi) is 5.34. The van der Waals surface area contributed by atoms with Gasteiger partial charge in [-0.05, 0) is 25.3 Å². The Morgan fingerprint density at radius 2 is 2.09 bits per heavy atom. The Hall–Kier alpha value is -1.39. The van der Waals surface area contributed by atoms with Gasteiger partial charge in [-0.2, -0.15) is 0 Å². The van der Waals surface area contributed by atoms with Crippen molar-refractivity contribution in [2.75, 3.05) is 26.4 Å². The number of hydrogen-bond donors (Lipinski definition) is 1. The van der Waals surface area contributed by atoms with E-state index in [0.29, 0.717) is 26.4 Å². The molecule has 1 aromatic rings. The average Bonchev–Trinajstić information content (AvgIpc) is 2.61. The molecular formula is C19H27NO3. The van der Waals surface area contributed by atoms with Gasteiger partial charge in [-0.3, -0.25) is 4.79 Å². The molecule has 0 radical (unpaired) electrons. The highest BCUT2D eigenvalue weighted by Gasteiger charge is 2.35. The Morgan fingerprint density at radius 1 is 1.26 bits per heavy atom. The molecule has 1 saturated carbocycles. The highest BCUT2D eigenvalue weighted by molar-refractivity contribution is 5.81. The molecule has 1 aliphatic carbocycles. The van der Waals surface area contributed by atoms with Gasteiger partial charge in [0.15, 0.2) is 6.10 Å². The summed E-state index contributed by atoms with van der Waals surface area (Å²) in [7, 11) is 0. The van der Waals surface area contributed by atoms with E-state index in [0.717, 1.165) is 12.8 Å². The zero-order chi connectivity index (χ0) is 16.1. The smallest absolute Gasteiger partial charge is 0.251 e. The van der Waals surface area contributed by atoms with Crippen LogP contribution in [0, 0.1) is 6.92 Å². The van der Waals surface area contributed by atoms with Crippen LogP contribution in [0.15, 0.2) is 24.3 Å². The normalized spacial score (nSPS) is 24.1. The van der Waals surface area contributed by atoms with Crippen LogP contribution in [-0.4, -0.2) is 38.4 Å². The Labute approximate surface area is 138 Å². The number of hydrogen-bond acceptors (Lipinski definition) is 3. The third-order valence-electron chi connectivity index (χ3n) is 5.15. The number of carbonyl (C=O) groups excluding carboxylic acids is 1. The second kappa shape index (κ2) is 7.45. The predicted octanol–water partition coefficient (Wildman–Crippen LogP) is 2.73. The summed E-state index contributed by atoms with van der Waals surface area (Å²) in [5, 5.41) is 3.14. The van der Waals surface area contributed by atoms with Crippen molar-refractivity contribution in [2.45, 2.75) is 50.5 Å². The summed E-state index contributed by atoms with van der Waals surface area (Å²) < 4.78 is 10.8. The van der Waals surface area contributed by atoms with E-state index < -0.39 is 6.10 Å². The Bertz CT molecular complexity index is 531. The van der Waals surface area contributed by atoms with Crippen molar-refractivity contribution in [3.8, 4) is 0 Å². The van der Waals surface area contributed by atoms with Crippen molar-refractivity contribution in [3.63, 3.8) is 0 Å². The predicted molar refractivity (Wildman–Crippen MR) is 89.5 cm³/mol. The molecule has 23 heavy (non-hydrogen) atoms. The second-order valence-corrected chi connectivity index (χ2v) is 6.86. The lowest BCUT2D eigenvalue weighted by atomic mass is 9.69. The van der Waals surface area contributed by atoms with E-state index >= 15 is 0 Å². The van der Waals surface area contributed by atoms with Crippen molar-refractivity contribution in [2.24, 2.45) is 0 Å². The molecule has 1 heterocycles. The molecule has 1 saturated heterocycles. The fourth-order valence-electron chi connectivity index (χ4n) is 3.78. The van der Waals surface area contributed by atoms with Gasteiger partial charge in [0, 0.05) is 12.0 Å². The number of amides is 1. The van der Waals surface area contributed by atoms with Crippen LogP contribution < -0.4 is 5.32 Å². The average molecular weight is 317 g/mol. The number of aryl methyl sites for hydroxylation is 1. The zero-order valence-corrected chi connectivity index (χ0v) is 14.0. The molecule has 1 aliphatic heterocycles. The number of benzene rings is 1. The first kappa shape index (κ1) is 16.5. The van der Waals surface area contributed by atoms with Gasteiger partial charge in [0.1, 0.15) is 0 Å². The van der Waals surface area contributed by atoms with E-state index in [9.17, 15) is 4.79 Å². The summed E-state index contributed by atoms with van der Waals surface area (Å²) in [6, 6.07) is 8.75. The van der Waals surface area contributed by atoms with Gasteiger partial charge in [0.2, 0.25) is 0 Å². The molecule has 0 bridgehead atoms. The maximum atomic E-state index is 12.4. The van der Waals surface area contributed by atoms with Crippen molar-refractivity contribution >= 4 is 5.91 Å². The molecule has 1 N–H and O–H groups in total. The van der Waals surface area contributed by atoms with Crippen molar-refractivity contribution in [3.05, 3.63) is 35.4 Å². The number of ether oxygens (including phenoxy) is 2. The van der Waals surface area contributed by atoms with E-state index in [1.807, 2.05) is 0 Å². The third kappa shape index (κ3) is 3.93. The molecule has 2 aliphatic rings. The highest BCUT2D eigenvalue weighted by atomic mass is 16.6. The second-order valence-electron chi connectivity index (χ2n) is 6.86. The molecule has 126 valence electrons. The molecule has 4 heteroatoms. The van der Waals surface area contributed by atoms with E-state index in [-0.39, 0.29) is 11.3 Å². The van der Waals surface area contributed by atoms with Crippen LogP contribution in [-0.2, 0) is 19.7 Å². The quantitative estimate of drug-likeness (QED) is 0.929. The lowest BCUT2D eigenvalue weighted by molar-refractivity contribution is -0.147. The molecule has 1 atom stereocenters. The van der Waals surface area contributed by atoms with Crippen LogP contribution in [0.3, 0.4) is 0 Å². The topological polar surface area (TPSA) is 47.6 Å². The first-order valence-electron chi connectivity index (χ1n) is 8.74. The first-order chi connectivity index (χ1) is 11.2. The van der Waals surface area contributed by atoms with Gasteiger partial charge < -0.3 is 14.8 Å². The standard InChI is InChI=1S/C19H27NO3/c1-15-6-5-7-16(12-15)19(8-3-2-4-9-19)14-20-18(21)17-13-22-10-11-23-17/h5-7,12,17H,2-4,8-11,13-14H2,1H3,(H,20,21)/t17-/m0/s1. The van der Waals surface area contributed by atoms with Crippen molar-refractivity contribution in [1.82, 2.24) is 5.32 Å². The summed E-state index contributed by atoms with van der Waals surface area (Å²) in [5.74, 6) is -0.0395. The van der Waals surface area contributed by atoms with Gasteiger partial charge in [-0.25, -0.2) is 0 Å². The summed E-state index contributed by atoms with van der Waals surface area (Å²) in [6.07, 6.45) is 5.57. The van der Waals surface area contributed by atoms with Gasteiger partial charge >= 0.3 is 0 Å². The summed E-state index contributed by atoms with van der Waals surface area (Å²) in [6.45, 7) is 4.27. The van der Waals surface area contributed by atoms with Crippen LogP contribution in [0.5, 0.6) is 0 Å². The Morgan fingerprint density at radius 3 is 2.78 bits per heavy atom. The Balaban J connectivity index is 1.70. The van der Waals surface area contributed by atoms with Crippen LogP contribution in [0.4, 0.5) is 0 Å². The van der Waals surface area contributed by atoms with E-state index in [1.54, 1.807) is 0 Å². The SMILES string of the molecule is Cc1cccc(C2(CNC(=O)[C@@H]3COCCO3)CCCCC2)c1. The minimum Gasteiger partial charge on any atom is -0.376 e. The number of rotatable bonds is 4. The van der Waals surface area contributed by atoms with Crippen molar-refractivity contribution in [1.29, 1.82) is 0 Å². The third-order valence-corrected chi connectivity index (χ3v) is 5.15. The summed E-state index contributed by atoms with van der Waals surface area (Å²) in [5.41, 5.74) is 2.70. The van der Waals surface area contributed by atoms with Crippen molar-refractivity contribution < 1.29 is 14.3 Å². The molecule has 1 amide bonds. The minimum absolute atomic E-state index is 0.0395. The monoisotopic (exact) mass is 317 g/mol. The molecule has 0 unspecified atom stereocenters. The van der Waals surface area contributed by atoms with Gasteiger partial charge in [-0.15, -0.1) is 0 Å². The summed E-state index contributed by atoms with van der Waals surface area (Å²) >= 11 is 0. The lowest BCUT2D eigenvalue weighted by Gasteiger charge is -2.38. The fourth-order valence-corrected chi connectivity index (χ4v) is 3.78. The number of nitrogens with one attached hydrogen (secondary N) is 1. The molecule has 0 spiro atoms. The summed E-state index contributed by atoms with van der Waals surface area (Å²) in [4.78, 5) is 12.4. The first-order valence-corrected chi connectivity index (χ1v) is 8.74. The maximum Gasteiger partial charge on any atom is 0.251 e. The molecule has 2 fully saturated rings. The molecule has 4 nitrogen and oxygen atoms in total. The van der Waals surface area contributed by atoms with Crippen LogP contribution in [0.25, 0.3) is 0 Å². The molecule has 1 aromatic carbocycles. The lowest BCUT2D eigenvalue weighted by Crippen LogP contribution is -2.48. The van der Waals surface area contributed by atoms with Crippen LogP contribution in [0.2, 0.25) is 0 Å². The zero-order valence-electron chi connectivity index (χ0n) is 14.0. The maximum absolute atomic E-state index is 12.4. The molecule has 0 aromatic heterocycles. The van der Waals surface area contributed by atoms with Gasteiger partial charge in [-0.1, -0.05) is 49.1 Å². The van der Waals surface area contributed by atoms with Crippen LogP contribution >= 0.6 is 0 Å². The van der Waals surface area contributed by atoms with Crippen LogP contribution in [0.1, 0.15) is 43.2 Å². The molecular weight excluding hydrogens is 290 g/mol. The van der Waals surface area contributed by atoms with Gasteiger partial charge in [0.25, 0.3) is 5.91 Å². The largest absolute Gasteiger partial charge is 0.376 e.